The van der Waals surface area contributed by atoms with Crippen LogP contribution in [0.5, 0.6) is 0 Å². The smallest absolute Gasteiger partial charge is 0.177 e. The summed E-state index contributed by atoms with van der Waals surface area (Å²) >= 11 is 3.18. The molecule has 1 aromatic rings. The second-order valence-electron chi connectivity index (χ2n) is 3.27. The maximum Gasteiger partial charge on any atom is 0.177 e. The molecule has 0 aliphatic heterocycles. The van der Waals surface area contributed by atoms with Gasteiger partial charge in [-0.15, -0.1) is 0 Å². The fourth-order valence-corrected chi connectivity index (χ4v) is 1.64. The number of alkyl halides is 1. The van der Waals surface area contributed by atoms with Gasteiger partial charge in [0.15, 0.2) is 5.78 Å². The van der Waals surface area contributed by atoms with Crippen LogP contribution in [-0.2, 0) is 6.42 Å². The third-order valence-electron chi connectivity index (χ3n) is 2.15. The van der Waals surface area contributed by atoms with Gasteiger partial charge in [0.2, 0.25) is 0 Å². The van der Waals surface area contributed by atoms with E-state index in [4.69, 9.17) is 10.5 Å². The molecule has 0 aliphatic carbocycles. The van der Waals surface area contributed by atoms with E-state index in [1.807, 2.05) is 12.1 Å². The molecule has 4 heteroatoms. The van der Waals surface area contributed by atoms with Gasteiger partial charge in [0.1, 0.15) is 0 Å². The largest absolute Gasteiger partial charge is 0.293 e. The third-order valence-corrected chi connectivity index (χ3v) is 2.56. The lowest BCUT2D eigenvalue weighted by molar-refractivity contribution is 0.0995. The lowest BCUT2D eigenvalue weighted by atomic mass is 9.95. The van der Waals surface area contributed by atoms with Gasteiger partial charge in [0.05, 0.1) is 28.9 Å². The summed E-state index contributed by atoms with van der Waals surface area (Å²) in [6.07, 6.45) is 0.135. The van der Waals surface area contributed by atoms with Crippen LogP contribution in [-0.4, -0.2) is 10.6 Å². The number of carbonyl (C=O) groups is 1. The van der Waals surface area contributed by atoms with Gasteiger partial charge in [-0.25, -0.2) is 0 Å². The summed E-state index contributed by atoms with van der Waals surface area (Å²) in [6.45, 7) is 1.70. The van der Waals surface area contributed by atoms with Crippen molar-refractivity contribution in [2.24, 2.45) is 0 Å². The highest BCUT2D eigenvalue weighted by molar-refractivity contribution is 9.10. The summed E-state index contributed by atoms with van der Waals surface area (Å²) < 4.78 is 0. The number of carbonyl (C=O) groups excluding carboxylic acids is 1. The number of benzene rings is 1. The predicted octanol–water partition coefficient (Wildman–Crippen LogP) is 2.59. The summed E-state index contributed by atoms with van der Waals surface area (Å²) in [5.41, 5.74) is 1.29. The molecule has 0 heterocycles. The Bertz CT molecular complexity index is 495. The van der Waals surface area contributed by atoms with E-state index >= 15 is 0 Å². The Balaban J connectivity index is 3.38. The monoisotopic (exact) mass is 276 g/mol. The number of nitrogens with zero attached hydrogens (tertiary/aromatic N) is 2. The molecule has 0 bridgehead atoms. The van der Waals surface area contributed by atoms with Gasteiger partial charge in [0, 0.05) is 5.56 Å². The molecule has 1 rings (SSSR count). The van der Waals surface area contributed by atoms with Gasteiger partial charge >= 0.3 is 0 Å². The normalized spacial score (nSPS) is 11.2. The molecule has 0 aromatic heterocycles. The van der Waals surface area contributed by atoms with Gasteiger partial charge in [-0.3, -0.25) is 4.79 Å². The zero-order valence-electron chi connectivity index (χ0n) is 8.70. The zero-order chi connectivity index (χ0) is 12.1. The topological polar surface area (TPSA) is 64.7 Å². The highest BCUT2D eigenvalue weighted by atomic mass is 79.9. The standard InChI is InChI=1S/C12H9BrN2O/c1-8(13)12(16)11-9(5-6-14)3-2-4-10(11)7-15/h2-4,8H,5H2,1H3. The van der Waals surface area contributed by atoms with Crippen LogP contribution < -0.4 is 0 Å². The SMILES string of the molecule is CC(Br)C(=O)c1c(C#N)cccc1CC#N. The van der Waals surface area contributed by atoms with Crippen LogP contribution in [0.4, 0.5) is 0 Å². The molecule has 0 saturated heterocycles. The summed E-state index contributed by atoms with van der Waals surface area (Å²) in [5.74, 6) is -0.164. The van der Waals surface area contributed by atoms with Crippen LogP contribution in [0.2, 0.25) is 0 Å². The van der Waals surface area contributed by atoms with E-state index in [0.717, 1.165) is 0 Å². The van der Waals surface area contributed by atoms with E-state index in [9.17, 15) is 4.79 Å². The van der Waals surface area contributed by atoms with Gasteiger partial charge in [-0.2, -0.15) is 10.5 Å². The number of ketones is 1. The van der Waals surface area contributed by atoms with Crippen molar-refractivity contribution < 1.29 is 4.79 Å². The Hall–Kier alpha value is -1.65. The molecule has 0 fully saturated rings. The van der Waals surface area contributed by atoms with Gasteiger partial charge in [-0.1, -0.05) is 28.1 Å². The van der Waals surface area contributed by atoms with Crippen LogP contribution in [0.3, 0.4) is 0 Å². The van der Waals surface area contributed by atoms with Crippen LogP contribution in [0.25, 0.3) is 0 Å². The number of rotatable bonds is 3. The van der Waals surface area contributed by atoms with Crippen molar-refractivity contribution >= 4 is 21.7 Å². The number of halogens is 1. The molecule has 1 atom stereocenters. The number of nitriles is 2. The molecule has 1 unspecified atom stereocenters. The molecule has 0 aliphatic rings. The molecule has 3 nitrogen and oxygen atoms in total. The van der Waals surface area contributed by atoms with E-state index in [0.29, 0.717) is 16.7 Å². The fourth-order valence-electron chi connectivity index (χ4n) is 1.42. The van der Waals surface area contributed by atoms with Gasteiger partial charge < -0.3 is 0 Å². The van der Waals surface area contributed by atoms with Crippen molar-refractivity contribution in [2.45, 2.75) is 18.2 Å². The Labute approximate surface area is 102 Å². The van der Waals surface area contributed by atoms with Gasteiger partial charge in [-0.05, 0) is 18.6 Å². The number of Topliss-reactive ketones (excluding diaryl/α,β-unsaturated/α-hetero) is 1. The van der Waals surface area contributed by atoms with E-state index in [2.05, 4.69) is 15.9 Å². The first-order valence-electron chi connectivity index (χ1n) is 4.69. The maximum atomic E-state index is 11.9. The summed E-state index contributed by atoms with van der Waals surface area (Å²) in [4.78, 5) is 11.6. The minimum atomic E-state index is -0.362. The first kappa shape index (κ1) is 12.4. The first-order valence-corrected chi connectivity index (χ1v) is 5.60. The Morgan fingerprint density at radius 1 is 1.50 bits per heavy atom. The van der Waals surface area contributed by atoms with Crippen LogP contribution in [0.1, 0.15) is 28.4 Å². The van der Waals surface area contributed by atoms with Crippen molar-refractivity contribution in [3.63, 3.8) is 0 Å². The Morgan fingerprint density at radius 2 is 2.19 bits per heavy atom. The Morgan fingerprint density at radius 3 is 2.69 bits per heavy atom. The van der Waals surface area contributed by atoms with E-state index in [-0.39, 0.29) is 17.0 Å². The number of hydrogen-bond donors (Lipinski definition) is 0. The zero-order valence-corrected chi connectivity index (χ0v) is 10.3. The molecule has 0 amide bonds. The molecule has 0 N–H and O–H groups in total. The number of hydrogen-bond acceptors (Lipinski definition) is 3. The molecule has 0 radical (unpaired) electrons. The highest BCUT2D eigenvalue weighted by Crippen LogP contribution is 2.19. The van der Waals surface area contributed by atoms with E-state index in [1.54, 1.807) is 25.1 Å². The average Bonchev–Trinajstić information content (AvgIpc) is 2.28. The first-order chi connectivity index (χ1) is 7.61. The molecule has 1 aromatic carbocycles. The van der Waals surface area contributed by atoms with Crippen molar-refractivity contribution in [3.8, 4) is 12.1 Å². The quantitative estimate of drug-likeness (QED) is 0.630. The maximum absolute atomic E-state index is 11.9. The third kappa shape index (κ3) is 2.48. The molecule has 0 saturated carbocycles. The summed E-state index contributed by atoms with van der Waals surface area (Å²) in [7, 11) is 0. The second-order valence-corrected chi connectivity index (χ2v) is 4.64. The lowest BCUT2D eigenvalue weighted by Gasteiger charge is -2.09. The fraction of sp³-hybridized carbons (Fsp3) is 0.250. The molecule has 0 spiro atoms. The van der Waals surface area contributed by atoms with Crippen LogP contribution >= 0.6 is 15.9 Å². The van der Waals surface area contributed by atoms with Crippen molar-refractivity contribution in [3.05, 3.63) is 34.9 Å². The molecule has 16 heavy (non-hydrogen) atoms. The Kier molecular flexibility index (Phi) is 4.22. The molecular formula is C12H9BrN2O. The molecular weight excluding hydrogens is 268 g/mol. The lowest BCUT2D eigenvalue weighted by Crippen LogP contribution is -2.14. The minimum absolute atomic E-state index is 0.135. The predicted molar refractivity (Wildman–Crippen MR) is 63.2 cm³/mol. The molecule has 80 valence electrons. The van der Waals surface area contributed by atoms with Gasteiger partial charge in [0.25, 0.3) is 0 Å². The summed E-state index contributed by atoms with van der Waals surface area (Å²) in [5, 5.41) is 17.6. The second kappa shape index (κ2) is 5.44. The van der Waals surface area contributed by atoms with Crippen molar-refractivity contribution in [1.82, 2.24) is 0 Å². The average molecular weight is 277 g/mol. The van der Waals surface area contributed by atoms with Crippen LogP contribution in [0.15, 0.2) is 18.2 Å². The highest BCUT2D eigenvalue weighted by Gasteiger charge is 2.19. The van der Waals surface area contributed by atoms with E-state index < -0.39 is 0 Å². The van der Waals surface area contributed by atoms with Crippen LogP contribution in [0, 0.1) is 22.7 Å². The minimum Gasteiger partial charge on any atom is -0.293 e. The van der Waals surface area contributed by atoms with E-state index in [1.165, 1.54) is 0 Å². The van der Waals surface area contributed by atoms with Crippen molar-refractivity contribution in [2.75, 3.05) is 0 Å². The summed E-state index contributed by atoms with van der Waals surface area (Å²) in [6, 6.07) is 8.94. The van der Waals surface area contributed by atoms with Crippen molar-refractivity contribution in [1.29, 1.82) is 10.5 Å².